The SMILES string of the molecule is Cn1nnnc1Sc1cc(F)cc(CCN)c1. The summed E-state index contributed by atoms with van der Waals surface area (Å²) >= 11 is 1.32. The molecule has 0 unspecified atom stereocenters. The Morgan fingerprint density at radius 2 is 2.24 bits per heavy atom. The zero-order valence-corrected chi connectivity index (χ0v) is 10.1. The standard InChI is InChI=1S/C10H12FN5S/c1-16-10(13-14-15-16)17-9-5-7(2-3-12)4-8(11)6-9/h4-6H,2-3,12H2,1H3. The summed E-state index contributed by atoms with van der Waals surface area (Å²) in [6.45, 7) is 0.499. The first-order valence-corrected chi connectivity index (χ1v) is 5.90. The fraction of sp³-hybridized carbons (Fsp3) is 0.300. The average molecular weight is 253 g/mol. The van der Waals surface area contributed by atoms with Crippen LogP contribution < -0.4 is 5.73 Å². The van der Waals surface area contributed by atoms with E-state index in [0.29, 0.717) is 18.1 Å². The van der Waals surface area contributed by atoms with Gasteiger partial charge in [0.05, 0.1) is 0 Å². The van der Waals surface area contributed by atoms with Crippen LogP contribution in [-0.2, 0) is 13.5 Å². The van der Waals surface area contributed by atoms with Crippen LogP contribution in [0.5, 0.6) is 0 Å². The van der Waals surface area contributed by atoms with Gasteiger partial charge in [-0.3, -0.25) is 0 Å². The van der Waals surface area contributed by atoms with Gasteiger partial charge in [-0.2, -0.15) is 0 Å². The summed E-state index contributed by atoms with van der Waals surface area (Å²) in [6, 6.07) is 4.85. The van der Waals surface area contributed by atoms with E-state index >= 15 is 0 Å². The first kappa shape index (κ1) is 12.0. The van der Waals surface area contributed by atoms with Gasteiger partial charge in [0.1, 0.15) is 5.82 Å². The predicted molar refractivity (Wildman–Crippen MR) is 62.1 cm³/mol. The van der Waals surface area contributed by atoms with Crippen molar-refractivity contribution in [3.63, 3.8) is 0 Å². The fourth-order valence-electron chi connectivity index (χ4n) is 1.40. The van der Waals surface area contributed by atoms with E-state index in [1.807, 2.05) is 6.07 Å². The zero-order valence-electron chi connectivity index (χ0n) is 9.30. The van der Waals surface area contributed by atoms with Crippen LogP contribution in [0.1, 0.15) is 5.56 Å². The second-order valence-electron chi connectivity index (χ2n) is 3.52. The quantitative estimate of drug-likeness (QED) is 0.880. The Kier molecular flexibility index (Phi) is 3.70. The van der Waals surface area contributed by atoms with E-state index in [2.05, 4.69) is 15.5 Å². The van der Waals surface area contributed by atoms with Crippen molar-refractivity contribution >= 4 is 11.8 Å². The second-order valence-corrected chi connectivity index (χ2v) is 4.56. The largest absolute Gasteiger partial charge is 0.330 e. The maximum Gasteiger partial charge on any atom is 0.213 e. The van der Waals surface area contributed by atoms with Crippen LogP contribution >= 0.6 is 11.8 Å². The Labute approximate surface area is 102 Å². The number of hydrogen-bond donors (Lipinski definition) is 1. The van der Waals surface area contributed by atoms with Crippen molar-refractivity contribution in [2.24, 2.45) is 12.8 Å². The third kappa shape index (κ3) is 3.01. The molecule has 0 spiro atoms. The van der Waals surface area contributed by atoms with E-state index in [4.69, 9.17) is 5.73 Å². The van der Waals surface area contributed by atoms with Crippen LogP contribution in [0.15, 0.2) is 28.3 Å². The van der Waals surface area contributed by atoms with Gasteiger partial charge in [0.2, 0.25) is 5.16 Å². The molecule has 2 aromatic rings. The molecule has 0 amide bonds. The third-order valence-corrected chi connectivity index (χ3v) is 3.15. The molecule has 0 saturated carbocycles. The van der Waals surface area contributed by atoms with Gasteiger partial charge < -0.3 is 5.73 Å². The zero-order chi connectivity index (χ0) is 12.3. The average Bonchev–Trinajstić information content (AvgIpc) is 2.64. The maximum absolute atomic E-state index is 13.4. The van der Waals surface area contributed by atoms with Crippen molar-refractivity contribution in [1.29, 1.82) is 0 Å². The molecule has 0 aliphatic heterocycles. The summed E-state index contributed by atoms with van der Waals surface area (Å²) in [6.07, 6.45) is 0.655. The molecule has 0 radical (unpaired) electrons. The van der Waals surface area contributed by atoms with Gasteiger partial charge in [0.25, 0.3) is 0 Å². The number of halogens is 1. The maximum atomic E-state index is 13.4. The highest BCUT2D eigenvalue weighted by atomic mass is 32.2. The van der Waals surface area contributed by atoms with Crippen LogP contribution in [0.2, 0.25) is 0 Å². The highest BCUT2D eigenvalue weighted by Gasteiger charge is 2.07. The van der Waals surface area contributed by atoms with E-state index in [9.17, 15) is 4.39 Å². The monoisotopic (exact) mass is 253 g/mol. The third-order valence-electron chi connectivity index (χ3n) is 2.15. The normalized spacial score (nSPS) is 10.8. The summed E-state index contributed by atoms with van der Waals surface area (Å²) in [5, 5.41) is 11.7. The van der Waals surface area contributed by atoms with Gasteiger partial charge in [-0.05, 0) is 58.9 Å². The molecular formula is C10H12FN5S. The predicted octanol–water partition coefficient (Wildman–Crippen LogP) is 1.00. The van der Waals surface area contributed by atoms with Crippen molar-refractivity contribution < 1.29 is 4.39 Å². The van der Waals surface area contributed by atoms with Crippen molar-refractivity contribution in [3.05, 3.63) is 29.6 Å². The van der Waals surface area contributed by atoms with Gasteiger partial charge in [0, 0.05) is 11.9 Å². The summed E-state index contributed by atoms with van der Waals surface area (Å²) in [5.41, 5.74) is 6.33. The molecule has 2 N–H and O–H groups in total. The fourth-order valence-corrected chi connectivity index (χ4v) is 2.24. The van der Waals surface area contributed by atoms with Gasteiger partial charge in [-0.1, -0.05) is 0 Å². The van der Waals surface area contributed by atoms with E-state index in [1.165, 1.54) is 28.6 Å². The van der Waals surface area contributed by atoms with Gasteiger partial charge in [-0.15, -0.1) is 5.10 Å². The number of nitrogens with zero attached hydrogens (tertiary/aromatic N) is 4. The molecule has 0 bridgehead atoms. The molecule has 7 heteroatoms. The van der Waals surface area contributed by atoms with Crippen LogP contribution in [0.25, 0.3) is 0 Å². The minimum absolute atomic E-state index is 0.270. The van der Waals surface area contributed by atoms with E-state index in [1.54, 1.807) is 7.05 Å². The van der Waals surface area contributed by atoms with E-state index in [-0.39, 0.29) is 5.82 Å². The molecule has 1 aromatic carbocycles. The molecule has 0 saturated heterocycles. The van der Waals surface area contributed by atoms with Crippen LogP contribution in [0.4, 0.5) is 4.39 Å². The number of tetrazole rings is 1. The van der Waals surface area contributed by atoms with Crippen LogP contribution in [0.3, 0.4) is 0 Å². The van der Waals surface area contributed by atoms with Crippen LogP contribution in [0, 0.1) is 5.82 Å². The Balaban J connectivity index is 2.23. The number of aromatic nitrogens is 4. The van der Waals surface area contributed by atoms with Gasteiger partial charge >= 0.3 is 0 Å². The second kappa shape index (κ2) is 5.24. The molecule has 5 nitrogen and oxygen atoms in total. The minimum Gasteiger partial charge on any atom is -0.330 e. The Morgan fingerprint density at radius 1 is 1.41 bits per heavy atom. The summed E-state index contributed by atoms with van der Waals surface area (Å²) in [5.74, 6) is -0.270. The summed E-state index contributed by atoms with van der Waals surface area (Å²) in [4.78, 5) is 0.770. The minimum atomic E-state index is -0.270. The Morgan fingerprint density at radius 3 is 2.88 bits per heavy atom. The van der Waals surface area contributed by atoms with Crippen molar-refractivity contribution in [1.82, 2.24) is 20.2 Å². The number of hydrogen-bond acceptors (Lipinski definition) is 5. The number of aryl methyl sites for hydroxylation is 1. The van der Waals surface area contributed by atoms with E-state index in [0.717, 1.165) is 10.5 Å². The highest BCUT2D eigenvalue weighted by Crippen LogP contribution is 2.26. The van der Waals surface area contributed by atoms with Crippen molar-refractivity contribution in [2.45, 2.75) is 16.5 Å². The van der Waals surface area contributed by atoms with Gasteiger partial charge in [0.15, 0.2) is 0 Å². The van der Waals surface area contributed by atoms with Crippen LogP contribution in [-0.4, -0.2) is 26.8 Å². The molecule has 1 aromatic heterocycles. The van der Waals surface area contributed by atoms with Crippen molar-refractivity contribution in [2.75, 3.05) is 6.54 Å². The first-order chi connectivity index (χ1) is 8.19. The lowest BCUT2D eigenvalue weighted by Crippen LogP contribution is -2.03. The molecule has 90 valence electrons. The van der Waals surface area contributed by atoms with E-state index < -0.39 is 0 Å². The molecule has 0 aliphatic carbocycles. The molecule has 0 aliphatic rings. The summed E-state index contributed by atoms with van der Waals surface area (Å²) < 4.78 is 14.9. The molecule has 0 atom stereocenters. The molecule has 0 fully saturated rings. The molecule has 17 heavy (non-hydrogen) atoms. The Bertz CT molecular complexity index is 513. The van der Waals surface area contributed by atoms with Crippen molar-refractivity contribution in [3.8, 4) is 0 Å². The molecule has 1 heterocycles. The molecular weight excluding hydrogens is 241 g/mol. The smallest absolute Gasteiger partial charge is 0.213 e. The first-order valence-electron chi connectivity index (χ1n) is 5.09. The number of rotatable bonds is 4. The number of benzene rings is 1. The topological polar surface area (TPSA) is 69.6 Å². The Hall–Kier alpha value is -1.47. The number of nitrogens with two attached hydrogens (primary N) is 1. The lowest BCUT2D eigenvalue weighted by atomic mass is 10.1. The highest BCUT2D eigenvalue weighted by molar-refractivity contribution is 7.99. The lowest BCUT2D eigenvalue weighted by molar-refractivity contribution is 0.621. The molecule has 2 rings (SSSR count). The summed E-state index contributed by atoms with van der Waals surface area (Å²) in [7, 11) is 1.74. The lowest BCUT2D eigenvalue weighted by Gasteiger charge is -2.04. The van der Waals surface area contributed by atoms with Gasteiger partial charge in [-0.25, -0.2) is 9.07 Å².